The van der Waals surface area contributed by atoms with Crippen molar-refractivity contribution in [2.24, 2.45) is 0 Å². The Morgan fingerprint density at radius 2 is 1.42 bits per heavy atom. The van der Waals surface area contributed by atoms with Gasteiger partial charge in [0.15, 0.2) is 0 Å². The lowest BCUT2D eigenvalue weighted by molar-refractivity contribution is 0.258. The first kappa shape index (κ1) is 15.6. The number of hydrogen-bond acceptors (Lipinski definition) is 2. The Hall–Kier alpha value is -3.27. The van der Waals surface area contributed by atoms with Crippen LogP contribution in [0.5, 0.6) is 5.75 Å². The third-order valence-corrected chi connectivity index (χ3v) is 3.78. The Balaban J connectivity index is 1.69. The Labute approximate surface area is 141 Å². The highest BCUT2D eigenvalue weighted by molar-refractivity contribution is 6.01. The normalized spacial score (nSPS) is 10.2. The number of carbonyl (C=O) groups is 1. The van der Waals surface area contributed by atoms with E-state index in [-0.39, 0.29) is 11.8 Å². The van der Waals surface area contributed by atoms with Gasteiger partial charge < -0.3 is 10.4 Å². The molecule has 3 aromatic rings. The maximum absolute atomic E-state index is 12.3. The summed E-state index contributed by atoms with van der Waals surface area (Å²) in [6.07, 6.45) is 0. The first-order valence-electron chi connectivity index (χ1n) is 7.63. The fraction of sp³-hybridized carbons (Fsp3) is 0.0500. The van der Waals surface area contributed by atoms with Crippen LogP contribution in [-0.2, 0) is 0 Å². The van der Waals surface area contributed by atoms with Gasteiger partial charge in [-0.3, -0.25) is 4.90 Å². The zero-order chi connectivity index (χ0) is 16.9. The summed E-state index contributed by atoms with van der Waals surface area (Å²) in [6.45, 7) is 0. The Morgan fingerprint density at radius 3 is 2.04 bits per heavy atom. The number of aromatic hydroxyl groups is 1. The van der Waals surface area contributed by atoms with E-state index in [0.717, 1.165) is 16.8 Å². The molecule has 0 fully saturated rings. The van der Waals surface area contributed by atoms with Crippen molar-refractivity contribution in [3.8, 4) is 16.9 Å². The number of nitrogens with one attached hydrogen (secondary N) is 1. The van der Waals surface area contributed by atoms with Crippen LogP contribution in [0.4, 0.5) is 16.2 Å². The predicted octanol–water partition coefficient (Wildman–Crippen LogP) is 4.73. The van der Waals surface area contributed by atoms with E-state index in [4.69, 9.17) is 0 Å². The molecule has 0 unspecified atom stereocenters. The van der Waals surface area contributed by atoms with Crippen LogP contribution in [-0.4, -0.2) is 18.2 Å². The average Bonchev–Trinajstić information content (AvgIpc) is 2.63. The molecule has 0 heterocycles. The number of hydrogen-bond donors (Lipinski definition) is 2. The number of rotatable bonds is 3. The lowest BCUT2D eigenvalue weighted by Crippen LogP contribution is -2.31. The molecule has 0 bridgehead atoms. The van der Waals surface area contributed by atoms with Crippen molar-refractivity contribution in [3.05, 3.63) is 78.9 Å². The van der Waals surface area contributed by atoms with E-state index >= 15 is 0 Å². The largest absolute Gasteiger partial charge is 0.508 e. The molecule has 0 aromatic heterocycles. The fourth-order valence-corrected chi connectivity index (χ4v) is 2.38. The summed E-state index contributed by atoms with van der Waals surface area (Å²) in [5.74, 6) is 0.170. The molecule has 0 radical (unpaired) electrons. The van der Waals surface area contributed by atoms with Gasteiger partial charge in [-0.1, -0.05) is 42.5 Å². The summed E-state index contributed by atoms with van der Waals surface area (Å²) in [6, 6.07) is 24.0. The quantitative estimate of drug-likeness (QED) is 0.733. The van der Waals surface area contributed by atoms with Crippen LogP contribution in [0.3, 0.4) is 0 Å². The minimum absolute atomic E-state index is 0.170. The summed E-state index contributed by atoms with van der Waals surface area (Å²) < 4.78 is 0. The molecular formula is C20H18N2O2. The number of urea groups is 1. The van der Waals surface area contributed by atoms with Crippen LogP contribution in [0.2, 0.25) is 0 Å². The van der Waals surface area contributed by atoms with Crippen LogP contribution >= 0.6 is 0 Å². The van der Waals surface area contributed by atoms with Crippen molar-refractivity contribution in [3.63, 3.8) is 0 Å². The van der Waals surface area contributed by atoms with Gasteiger partial charge in [0.2, 0.25) is 0 Å². The zero-order valence-corrected chi connectivity index (χ0v) is 13.3. The minimum Gasteiger partial charge on any atom is -0.508 e. The molecule has 0 aliphatic carbocycles. The van der Waals surface area contributed by atoms with Crippen molar-refractivity contribution in [1.29, 1.82) is 0 Å². The van der Waals surface area contributed by atoms with Gasteiger partial charge in [0.25, 0.3) is 0 Å². The Morgan fingerprint density at radius 1 is 0.833 bits per heavy atom. The van der Waals surface area contributed by atoms with Crippen LogP contribution in [0.15, 0.2) is 78.9 Å². The van der Waals surface area contributed by atoms with Gasteiger partial charge in [0.1, 0.15) is 5.75 Å². The number of anilines is 2. The molecule has 0 saturated carbocycles. The number of carbonyl (C=O) groups excluding carboxylic acids is 1. The van der Waals surface area contributed by atoms with Crippen molar-refractivity contribution in [2.75, 3.05) is 17.3 Å². The van der Waals surface area contributed by atoms with Gasteiger partial charge in [-0.25, -0.2) is 4.79 Å². The van der Waals surface area contributed by atoms with Gasteiger partial charge in [0.05, 0.1) is 0 Å². The lowest BCUT2D eigenvalue weighted by Gasteiger charge is -2.18. The molecule has 4 nitrogen and oxygen atoms in total. The third kappa shape index (κ3) is 3.55. The molecule has 0 spiro atoms. The molecule has 0 aliphatic heterocycles. The summed E-state index contributed by atoms with van der Waals surface area (Å²) in [5.41, 5.74) is 3.66. The van der Waals surface area contributed by atoms with E-state index in [1.165, 1.54) is 4.90 Å². The summed E-state index contributed by atoms with van der Waals surface area (Å²) in [4.78, 5) is 13.8. The lowest BCUT2D eigenvalue weighted by atomic mass is 10.1. The molecule has 2 amide bonds. The second kappa shape index (κ2) is 6.87. The monoisotopic (exact) mass is 318 g/mol. The van der Waals surface area contributed by atoms with Crippen LogP contribution in [0.25, 0.3) is 11.1 Å². The molecule has 0 atom stereocenters. The van der Waals surface area contributed by atoms with Gasteiger partial charge in [-0.15, -0.1) is 0 Å². The third-order valence-electron chi connectivity index (χ3n) is 3.78. The van der Waals surface area contributed by atoms with E-state index in [1.807, 2.05) is 54.6 Å². The molecule has 0 saturated heterocycles. The maximum atomic E-state index is 12.3. The number of phenols is 1. The second-order valence-corrected chi connectivity index (χ2v) is 5.45. The average molecular weight is 318 g/mol. The summed E-state index contributed by atoms with van der Waals surface area (Å²) >= 11 is 0. The maximum Gasteiger partial charge on any atom is 0.326 e. The first-order valence-corrected chi connectivity index (χ1v) is 7.63. The van der Waals surface area contributed by atoms with Gasteiger partial charge in [-0.2, -0.15) is 0 Å². The van der Waals surface area contributed by atoms with Crippen LogP contribution in [0.1, 0.15) is 0 Å². The fourth-order valence-electron chi connectivity index (χ4n) is 2.38. The summed E-state index contributed by atoms with van der Waals surface area (Å²) in [7, 11) is 1.68. The van der Waals surface area contributed by atoms with Crippen LogP contribution < -0.4 is 10.2 Å². The van der Waals surface area contributed by atoms with E-state index in [1.54, 1.807) is 31.3 Å². The molecule has 24 heavy (non-hydrogen) atoms. The summed E-state index contributed by atoms with van der Waals surface area (Å²) in [5, 5.41) is 12.2. The van der Waals surface area contributed by atoms with Gasteiger partial charge >= 0.3 is 6.03 Å². The molecule has 4 heteroatoms. The van der Waals surface area contributed by atoms with E-state index in [0.29, 0.717) is 5.69 Å². The molecule has 2 N–H and O–H groups in total. The highest BCUT2D eigenvalue weighted by Gasteiger charge is 2.11. The Kier molecular flexibility index (Phi) is 4.47. The number of nitrogens with zero attached hydrogens (tertiary/aromatic N) is 1. The van der Waals surface area contributed by atoms with Gasteiger partial charge in [0, 0.05) is 18.4 Å². The molecular weight excluding hydrogens is 300 g/mol. The SMILES string of the molecule is CN(C(=O)Nc1ccc(-c2ccccc2)cc1)c1ccc(O)cc1. The topological polar surface area (TPSA) is 52.6 Å². The number of benzene rings is 3. The zero-order valence-electron chi connectivity index (χ0n) is 13.3. The van der Waals surface area contributed by atoms with Crippen molar-refractivity contribution >= 4 is 17.4 Å². The van der Waals surface area contributed by atoms with E-state index in [2.05, 4.69) is 5.32 Å². The highest BCUT2D eigenvalue weighted by atomic mass is 16.3. The highest BCUT2D eigenvalue weighted by Crippen LogP contribution is 2.22. The Bertz CT molecular complexity index is 813. The molecule has 120 valence electrons. The first-order chi connectivity index (χ1) is 11.6. The number of phenolic OH excluding ortho intramolecular Hbond substituents is 1. The molecule has 3 aromatic carbocycles. The molecule has 0 aliphatic rings. The minimum atomic E-state index is -0.242. The van der Waals surface area contributed by atoms with E-state index < -0.39 is 0 Å². The standard InChI is InChI=1S/C20H18N2O2/c1-22(18-11-13-19(23)14-12-18)20(24)21-17-9-7-16(8-10-17)15-5-3-2-4-6-15/h2-14,23H,1H3,(H,21,24). The second-order valence-electron chi connectivity index (χ2n) is 5.45. The van der Waals surface area contributed by atoms with Gasteiger partial charge in [-0.05, 0) is 47.5 Å². The van der Waals surface area contributed by atoms with Crippen molar-refractivity contribution < 1.29 is 9.90 Å². The van der Waals surface area contributed by atoms with Crippen LogP contribution in [0, 0.1) is 0 Å². The predicted molar refractivity (Wildman–Crippen MR) is 97.4 cm³/mol. The van der Waals surface area contributed by atoms with E-state index in [9.17, 15) is 9.90 Å². The van der Waals surface area contributed by atoms with Crippen molar-refractivity contribution in [1.82, 2.24) is 0 Å². The smallest absolute Gasteiger partial charge is 0.326 e. The number of amides is 2. The van der Waals surface area contributed by atoms with Crippen molar-refractivity contribution in [2.45, 2.75) is 0 Å². The molecule has 3 rings (SSSR count).